The minimum Gasteiger partial charge on any atom is -0.490 e. The number of sulfonamides is 2. The van der Waals surface area contributed by atoms with Crippen LogP contribution in [0.2, 0.25) is 0 Å². The molecule has 8 aromatic rings. The Labute approximate surface area is 367 Å². The Morgan fingerprint density at radius 2 is 0.871 bits per heavy atom. The van der Waals surface area contributed by atoms with E-state index in [1.54, 1.807) is 36.7 Å². The van der Waals surface area contributed by atoms with Gasteiger partial charge in [0.05, 0.1) is 68.7 Å². The van der Waals surface area contributed by atoms with Gasteiger partial charge in [-0.2, -0.15) is 9.44 Å². The highest BCUT2D eigenvalue weighted by Crippen LogP contribution is 2.38. The molecule has 0 unspecified atom stereocenters. The molecule has 0 bridgehead atoms. The van der Waals surface area contributed by atoms with Gasteiger partial charge < -0.3 is 18.9 Å². The molecule has 2 aliphatic heterocycles. The smallest absolute Gasteiger partial charge is 0.241 e. The van der Waals surface area contributed by atoms with Gasteiger partial charge in [0, 0.05) is 47.1 Å². The molecule has 316 valence electrons. The molecule has 6 heterocycles. The minimum atomic E-state index is -3.84. The van der Waals surface area contributed by atoms with Crippen LogP contribution in [0.5, 0.6) is 23.0 Å². The number of aromatic nitrogens is 2. The van der Waals surface area contributed by atoms with E-state index >= 15 is 0 Å². The van der Waals surface area contributed by atoms with Crippen molar-refractivity contribution in [2.24, 2.45) is 0 Å². The van der Waals surface area contributed by atoms with Crippen LogP contribution in [-0.4, -0.2) is 53.2 Å². The second-order valence-electron chi connectivity index (χ2n) is 14.3. The van der Waals surface area contributed by atoms with Gasteiger partial charge in [0.15, 0.2) is 23.0 Å². The van der Waals surface area contributed by atoms with Gasteiger partial charge in [-0.15, -0.1) is 22.7 Å². The van der Waals surface area contributed by atoms with E-state index in [0.29, 0.717) is 49.4 Å². The summed E-state index contributed by atoms with van der Waals surface area (Å²) in [5, 5.41) is 0. The number of hydrogen-bond donors (Lipinski definition) is 2. The number of thiophene rings is 2. The van der Waals surface area contributed by atoms with E-state index in [-0.39, 0.29) is 9.79 Å². The van der Waals surface area contributed by atoms with Crippen molar-refractivity contribution in [2.45, 2.75) is 34.7 Å². The molecular formula is C46H40N4O8S4. The molecule has 0 aliphatic carbocycles. The van der Waals surface area contributed by atoms with Gasteiger partial charge in [-0.3, -0.25) is 9.97 Å². The Hall–Kier alpha value is -5.88. The standard InChI is InChI=1S/2C23H20N2O4S2/c2*26-31(27,17-9-10-19-20(14-17)29-13-5-12-28-19)25-23(16-6-2-1-3-7-16)22-15-18-21(30-22)8-4-11-24-18/h2*1-4,6-11,14-15,23,25H,5,12-13H2/t2*23-/m10/s1. The van der Waals surface area contributed by atoms with Gasteiger partial charge in [0.25, 0.3) is 0 Å². The molecule has 0 spiro atoms. The molecule has 0 saturated heterocycles. The van der Waals surface area contributed by atoms with Crippen molar-refractivity contribution in [3.8, 4) is 23.0 Å². The van der Waals surface area contributed by atoms with Crippen molar-refractivity contribution in [2.75, 3.05) is 26.4 Å². The number of ether oxygens (including phenoxy) is 4. The number of benzene rings is 4. The average Bonchev–Trinajstić information content (AvgIpc) is 3.75. The van der Waals surface area contributed by atoms with Crippen molar-refractivity contribution in [3.05, 3.63) is 167 Å². The highest BCUT2D eigenvalue weighted by Gasteiger charge is 2.28. The summed E-state index contributed by atoms with van der Waals surface area (Å²) < 4.78 is 83.8. The fourth-order valence-electron chi connectivity index (χ4n) is 7.00. The Balaban J connectivity index is 0.000000158. The van der Waals surface area contributed by atoms with Crippen LogP contribution in [0, 0.1) is 0 Å². The van der Waals surface area contributed by atoms with Crippen LogP contribution in [0.1, 0.15) is 45.8 Å². The summed E-state index contributed by atoms with van der Waals surface area (Å²) in [5.41, 5.74) is 3.40. The van der Waals surface area contributed by atoms with E-state index in [1.165, 1.54) is 34.8 Å². The normalized spacial score (nSPS) is 14.8. The number of hydrogen-bond acceptors (Lipinski definition) is 12. The third-order valence-electron chi connectivity index (χ3n) is 10.1. The highest BCUT2D eigenvalue weighted by molar-refractivity contribution is 7.89. The second-order valence-corrected chi connectivity index (χ2v) is 20.0. The summed E-state index contributed by atoms with van der Waals surface area (Å²) in [5.74, 6) is 2.02. The first-order chi connectivity index (χ1) is 30.2. The summed E-state index contributed by atoms with van der Waals surface area (Å²) in [6, 6.07) is 39.0. The van der Waals surface area contributed by atoms with Crippen LogP contribution in [0.4, 0.5) is 0 Å². The lowest BCUT2D eigenvalue weighted by Gasteiger charge is -2.19. The maximum Gasteiger partial charge on any atom is 0.241 e. The predicted octanol–water partition coefficient (Wildman–Crippen LogP) is 9.05. The van der Waals surface area contributed by atoms with Gasteiger partial charge in [0.1, 0.15) is 0 Å². The topological polar surface area (TPSA) is 155 Å². The van der Waals surface area contributed by atoms with Crippen molar-refractivity contribution in [1.82, 2.24) is 19.4 Å². The molecule has 4 aromatic heterocycles. The molecular weight excluding hydrogens is 865 g/mol. The first-order valence-electron chi connectivity index (χ1n) is 19.8. The van der Waals surface area contributed by atoms with Crippen LogP contribution in [0.15, 0.2) is 156 Å². The van der Waals surface area contributed by atoms with Crippen molar-refractivity contribution >= 4 is 63.2 Å². The first kappa shape index (κ1) is 41.5. The lowest BCUT2D eigenvalue weighted by Crippen LogP contribution is -2.29. The molecule has 0 saturated carbocycles. The maximum absolute atomic E-state index is 13.4. The Morgan fingerprint density at radius 1 is 0.468 bits per heavy atom. The van der Waals surface area contributed by atoms with Crippen molar-refractivity contribution < 1.29 is 35.8 Å². The molecule has 2 aliphatic rings. The SMILES string of the molecule is O=S(=O)(N[C@@H](c1ccccc1)c1cc2ncccc2s1)c1ccc2c(c1)OCCCO2.O=S(=O)(N[C@H](c1ccccc1)c1cc2ncccc2s1)c1ccc2c(c1)OCCCO2. The molecule has 62 heavy (non-hydrogen) atoms. The van der Waals surface area contributed by atoms with Crippen LogP contribution in [0.25, 0.3) is 20.4 Å². The van der Waals surface area contributed by atoms with Gasteiger partial charge in [0.2, 0.25) is 20.0 Å². The molecule has 4 aromatic carbocycles. The van der Waals surface area contributed by atoms with Crippen LogP contribution in [-0.2, 0) is 20.0 Å². The Kier molecular flexibility index (Phi) is 12.2. The van der Waals surface area contributed by atoms with Crippen LogP contribution >= 0.6 is 22.7 Å². The van der Waals surface area contributed by atoms with E-state index in [2.05, 4.69) is 19.4 Å². The van der Waals surface area contributed by atoms with Gasteiger partial charge in [-0.05, 0) is 71.8 Å². The van der Waals surface area contributed by atoms with E-state index in [9.17, 15) is 16.8 Å². The molecule has 0 radical (unpaired) electrons. The fraction of sp³-hybridized carbons (Fsp3) is 0.174. The maximum atomic E-state index is 13.4. The molecule has 12 nitrogen and oxygen atoms in total. The monoisotopic (exact) mass is 904 g/mol. The number of pyridine rings is 2. The third kappa shape index (κ3) is 9.30. The summed E-state index contributed by atoms with van der Waals surface area (Å²) >= 11 is 3.06. The summed E-state index contributed by atoms with van der Waals surface area (Å²) in [6.07, 6.45) is 4.98. The number of fused-ring (bicyclic) bond motifs is 4. The van der Waals surface area contributed by atoms with Crippen molar-refractivity contribution in [1.29, 1.82) is 0 Å². The number of nitrogens with one attached hydrogen (secondary N) is 2. The second kappa shape index (κ2) is 18.2. The number of rotatable bonds is 10. The molecule has 0 fully saturated rings. The van der Waals surface area contributed by atoms with E-state index in [1.807, 2.05) is 97.1 Å². The van der Waals surface area contributed by atoms with Gasteiger partial charge >= 0.3 is 0 Å². The van der Waals surface area contributed by atoms with Crippen LogP contribution in [0.3, 0.4) is 0 Å². The van der Waals surface area contributed by atoms with Gasteiger partial charge in [-0.25, -0.2) is 16.8 Å². The predicted molar refractivity (Wildman–Crippen MR) is 241 cm³/mol. The Bertz CT molecular complexity index is 2780. The molecule has 0 amide bonds. The molecule has 10 rings (SSSR count). The molecule has 2 atom stereocenters. The molecule has 2 N–H and O–H groups in total. The third-order valence-corrected chi connectivity index (χ3v) is 15.2. The Morgan fingerprint density at radius 3 is 1.27 bits per heavy atom. The zero-order valence-electron chi connectivity index (χ0n) is 33.0. The van der Waals surface area contributed by atoms with Crippen LogP contribution < -0.4 is 28.4 Å². The largest absolute Gasteiger partial charge is 0.490 e. The summed E-state index contributed by atoms with van der Waals surface area (Å²) in [6.45, 7) is 2.08. The summed E-state index contributed by atoms with van der Waals surface area (Å²) in [7, 11) is -7.68. The first-order valence-corrected chi connectivity index (χ1v) is 24.4. The zero-order chi connectivity index (χ0) is 42.5. The lowest BCUT2D eigenvalue weighted by atomic mass is 10.1. The lowest BCUT2D eigenvalue weighted by molar-refractivity contribution is 0.296. The highest BCUT2D eigenvalue weighted by atomic mass is 32.2. The van der Waals surface area contributed by atoms with E-state index in [4.69, 9.17) is 18.9 Å². The summed E-state index contributed by atoms with van der Waals surface area (Å²) in [4.78, 5) is 10.8. The minimum absolute atomic E-state index is 0.136. The quantitative estimate of drug-likeness (QED) is 0.136. The van der Waals surface area contributed by atoms with E-state index < -0.39 is 32.1 Å². The molecule has 16 heteroatoms. The zero-order valence-corrected chi connectivity index (χ0v) is 36.3. The average molecular weight is 905 g/mol. The van der Waals surface area contributed by atoms with E-state index in [0.717, 1.165) is 54.2 Å². The fourth-order valence-corrected chi connectivity index (χ4v) is 11.8. The number of nitrogens with zero attached hydrogens (tertiary/aromatic N) is 2. The van der Waals surface area contributed by atoms with Gasteiger partial charge in [-0.1, -0.05) is 60.7 Å². The van der Waals surface area contributed by atoms with Crippen molar-refractivity contribution in [3.63, 3.8) is 0 Å².